The minimum Gasteiger partial charge on any atom is -0.352 e. The van der Waals surface area contributed by atoms with Gasteiger partial charge in [0, 0.05) is 6.04 Å². The van der Waals surface area contributed by atoms with E-state index in [4.69, 9.17) is 0 Å². The van der Waals surface area contributed by atoms with E-state index < -0.39 is 0 Å². The second-order valence-corrected chi connectivity index (χ2v) is 4.39. The van der Waals surface area contributed by atoms with Crippen LogP contribution in [-0.2, 0) is 4.79 Å². The van der Waals surface area contributed by atoms with Crippen LogP contribution in [0.1, 0.15) is 39.5 Å². The molecule has 3 unspecified atom stereocenters. The maximum atomic E-state index is 11.6. The smallest absolute Gasteiger partial charge is 0.237 e. The average molecular weight is 198 g/mol. The fraction of sp³-hybridized carbons (Fsp3) is 0.909. The molecule has 0 radical (unpaired) electrons. The number of carbonyl (C=O) groups is 1. The third kappa shape index (κ3) is 2.98. The molecule has 1 amide bonds. The van der Waals surface area contributed by atoms with Gasteiger partial charge in [-0.2, -0.15) is 0 Å². The van der Waals surface area contributed by atoms with Crippen molar-refractivity contribution in [1.29, 1.82) is 0 Å². The number of likely N-dealkylation sites (N-methyl/N-ethyl adjacent to an activating group) is 1. The second-order valence-electron chi connectivity index (χ2n) is 4.39. The zero-order chi connectivity index (χ0) is 10.6. The van der Waals surface area contributed by atoms with Gasteiger partial charge in [-0.3, -0.25) is 4.79 Å². The highest BCUT2D eigenvalue weighted by molar-refractivity contribution is 5.81. The summed E-state index contributed by atoms with van der Waals surface area (Å²) in [6.45, 7) is 4.12. The molecule has 0 aromatic heterocycles. The molecule has 1 fully saturated rings. The van der Waals surface area contributed by atoms with Gasteiger partial charge in [-0.15, -0.1) is 0 Å². The highest BCUT2D eigenvalue weighted by Gasteiger charge is 2.23. The summed E-state index contributed by atoms with van der Waals surface area (Å²) < 4.78 is 0. The zero-order valence-electron chi connectivity index (χ0n) is 9.47. The molecular weight excluding hydrogens is 176 g/mol. The maximum absolute atomic E-state index is 11.6. The summed E-state index contributed by atoms with van der Waals surface area (Å²) in [5, 5.41) is 6.07. The van der Waals surface area contributed by atoms with Gasteiger partial charge in [0.05, 0.1) is 6.04 Å². The van der Waals surface area contributed by atoms with Gasteiger partial charge in [0.1, 0.15) is 0 Å². The largest absolute Gasteiger partial charge is 0.352 e. The third-order valence-corrected chi connectivity index (χ3v) is 3.27. The van der Waals surface area contributed by atoms with Crippen LogP contribution in [0.15, 0.2) is 0 Å². The summed E-state index contributed by atoms with van der Waals surface area (Å²) >= 11 is 0. The second kappa shape index (κ2) is 5.35. The molecule has 0 heterocycles. The zero-order valence-corrected chi connectivity index (χ0v) is 9.47. The van der Waals surface area contributed by atoms with Crippen molar-refractivity contribution in [1.82, 2.24) is 10.6 Å². The van der Waals surface area contributed by atoms with Crippen molar-refractivity contribution in [2.45, 2.75) is 51.6 Å². The molecule has 0 aromatic rings. The van der Waals surface area contributed by atoms with E-state index in [-0.39, 0.29) is 11.9 Å². The Bertz CT molecular complexity index is 194. The van der Waals surface area contributed by atoms with Crippen molar-refractivity contribution >= 4 is 5.91 Å². The molecule has 0 saturated heterocycles. The van der Waals surface area contributed by atoms with Gasteiger partial charge in [0.15, 0.2) is 0 Å². The van der Waals surface area contributed by atoms with Crippen LogP contribution in [0, 0.1) is 5.92 Å². The number of hydrogen-bond acceptors (Lipinski definition) is 2. The van der Waals surface area contributed by atoms with Gasteiger partial charge in [-0.25, -0.2) is 0 Å². The first-order chi connectivity index (χ1) is 6.65. The molecule has 3 heteroatoms. The number of nitrogens with one attached hydrogen (secondary N) is 2. The van der Waals surface area contributed by atoms with Crippen LogP contribution in [0.4, 0.5) is 0 Å². The maximum Gasteiger partial charge on any atom is 0.237 e. The van der Waals surface area contributed by atoms with Crippen molar-refractivity contribution in [2.75, 3.05) is 7.05 Å². The third-order valence-electron chi connectivity index (χ3n) is 3.27. The van der Waals surface area contributed by atoms with E-state index in [0.717, 1.165) is 6.42 Å². The first-order valence-electron chi connectivity index (χ1n) is 5.62. The van der Waals surface area contributed by atoms with Crippen LogP contribution >= 0.6 is 0 Å². The van der Waals surface area contributed by atoms with Gasteiger partial charge in [-0.1, -0.05) is 19.8 Å². The van der Waals surface area contributed by atoms with Crippen LogP contribution in [0.2, 0.25) is 0 Å². The minimum atomic E-state index is -0.0795. The Hall–Kier alpha value is -0.570. The van der Waals surface area contributed by atoms with E-state index in [9.17, 15) is 4.79 Å². The molecule has 1 aliphatic rings. The van der Waals surface area contributed by atoms with E-state index in [2.05, 4.69) is 17.6 Å². The van der Waals surface area contributed by atoms with Crippen molar-refractivity contribution in [2.24, 2.45) is 5.92 Å². The molecule has 0 aliphatic heterocycles. The van der Waals surface area contributed by atoms with Crippen LogP contribution in [-0.4, -0.2) is 25.0 Å². The average Bonchev–Trinajstić information content (AvgIpc) is 2.20. The predicted octanol–water partition coefficient (Wildman–Crippen LogP) is 1.29. The molecule has 2 N–H and O–H groups in total. The molecule has 0 spiro atoms. The molecule has 1 aliphatic carbocycles. The summed E-state index contributed by atoms with van der Waals surface area (Å²) in [7, 11) is 1.81. The monoisotopic (exact) mass is 198 g/mol. The number of rotatable bonds is 3. The standard InChI is InChI=1S/C11H22N2O/c1-8-6-4-5-7-10(8)13-11(14)9(2)12-3/h8-10,12H,4-7H2,1-3H3,(H,13,14). The summed E-state index contributed by atoms with van der Waals surface area (Å²) in [5.41, 5.74) is 0. The molecule has 3 atom stereocenters. The highest BCUT2D eigenvalue weighted by atomic mass is 16.2. The lowest BCUT2D eigenvalue weighted by molar-refractivity contribution is -0.123. The van der Waals surface area contributed by atoms with Gasteiger partial charge in [-0.05, 0) is 32.7 Å². The predicted molar refractivity (Wildman–Crippen MR) is 58.1 cm³/mol. The Morgan fingerprint density at radius 3 is 2.57 bits per heavy atom. The highest BCUT2D eigenvalue weighted by Crippen LogP contribution is 2.23. The first-order valence-corrected chi connectivity index (χ1v) is 5.62. The molecule has 82 valence electrons. The molecular formula is C11H22N2O. The van der Waals surface area contributed by atoms with Gasteiger partial charge < -0.3 is 10.6 Å². The molecule has 3 nitrogen and oxygen atoms in total. The van der Waals surface area contributed by atoms with E-state index >= 15 is 0 Å². The lowest BCUT2D eigenvalue weighted by Crippen LogP contribution is -2.48. The SMILES string of the molecule is CNC(C)C(=O)NC1CCCCC1C. The lowest BCUT2D eigenvalue weighted by atomic mass is 9.86. The summed E-state index contributed by atoms with van der Waals surface area (Å²) in [4.78, 5) is 11.6. The van der Waals surface area contributed by atoms with Crippen molar-refractivity contribution < 1.29 is 4.79 Å². The van der Waals surface area contributed by atoms with Crippen LogP contribution in [0.25, 0.3) is 0 Å². The van der Waals surface area contributed by atoms with Crippen molar-refractivity contribution in [3.05, 3.63) is 0 Å². The minimum absolute atomic E-state index is 0.0795. The molecule has 1 rings (SSSR count). The normalized spacial score (nSPS) is 29.6. The van der Waals surface area contributed by atoms with Gasteiger partial charge in [0.25, 0.3) is 0 Å². The van der Waals surface area contributed by atoms with Gasteiger partial charge >= 0.3 is 0 Å². The van der Waals surface area contributed by atoms with Gasteiger partial charge in [0.2, 0.25) is 5.91 Å². The van der Waals surface area contributed by atoms with E-state index in [1.165, 1.54) is 19.3 Å². The molecule has 14 heavy (non-hydrogen) atoms. The van der Waals surface area contributed by atoms with E-state index in [1.807, 2.05) is 14.0 Å². The number of amides is 1. The van der Waals surface area contributed by atoms with Crippen molar-refractivity contribution in [3.8, 4) is 0 Å². The topological polar surface area (TPSA) is 41.1 Å². The number of hydrogen-bond donors (Lipinski definition) is 2. The van der Waals surface area contributed by atoms with Crippen LogP contribution in [0.3, 0.4) is 0 Å². The Balaban J connectivity index is 2.38. The van der Waals surface area contributed by atoms with Crippen LogP contribution in [0.5, 0.6) is 0 Å². The fourth-order valence-electron chi connectivity index (χ4n) is 1.97. The Labute approximate surface area is 86.6 Å². The quantitative estimate of drug-likeness (QED) is 0.717. The Kier molecular flexibility index (Phi) is 4.39. The lowest BCUT2D eigenvalue weighted by Gasteiger charge is -2.30. The summed E-state index contributed by atoms with van der Waals surface area (Å²) in [6, 6.07) is 0.316. The summed E-state index contributed by atoms with van der Waals surface area (Å²) in [6.07, 6.45) is 4.96. The van der Waals surface area contributed by atoms with Crippen molar-refractivity contribution in [3.63, 3.8) is 0 Å². The fourth-order valence-corrected chi connectivity index (χ4v) is 1.97. The van der Waals surface area contributed by atoms with E-state index in [0.29, 0.717) is 12.0 Å². The molecule has 1 saturated carbocycles. The molecule has 0 aromatic carbocycles. The first kappa shape index (κ1) is 11.5. The summed E-state index contributed by atoms with van der Waals surface area (Å²) in [5.74, 6) is 0.767. The Morgan fingerprint density at radius 2 is 2.00 bits per heavy atom. The van der Waals surface area contributed by atoms with Crippen LogP contribution < -0.4 is 10.6 Å². The Morgan fingerprint density at radius 1 is 1.36 bits per heavy atom. The molecule has 0 bridgehead atoms. The number of carbonyl (C=O) groups excluding carboxylic acids is 1. The van der Waals surface area contributed by atoms with E-state index in [1.54, 1.807) is 0 Å².